The Hall–Kier alpha value is -1.60. The molecule has 0 radical (unpaired) electrons. The van der Waals surface area contributed by atoms with Gasteiger partial charge in [-0.1, -0.05) is 6.07 Å². The molecule has 0 aromatic heterocycles. The van der Waals surface area contributed by atoms with E-state index in [2.05, 4.69) is 10.2 Å². The van der Waals surface area contributed by atoms with Crippen LogP contribution in [0.4, 0.5) is 5.69 Å². The average molecular weight is 325 g/mol. The number of hydrogen-bond acceptors (Lipinski definition) is 4. The molecule has 0 aliphatic carbocycles. The van der Waals surface area contributed by atoms with Crippen LogP contribution >= 0.6 is 0 Å². The predicted molar refractivity (Wildman–Crippen MR) is 87.7 cm³/mol. The Morgan fingerprint density at radius 2 is 2.14 bits per heavy atom. The molecule has 1 aliphatic rings. The van der Waals surface area contributed by atoms with Crippen LogP contribution in [0.2, 0.25) is 0 Å². The number of nitrogens with one attached hydrogen (secondary N) is 1. The van der Waals surface area contributed by atoms with E-state index in [9.17, 15) is 13.2 Å². The molecule has 1 saturated heterocycles. The van der Waals surface area contributed by atoms with Crippen molar-refractivity contribution >= 4 is 21.6 Å². The van der Waals surface area contributed by atoms with E-state index < -0.39 is 10.0 Å². The summed E-state index contributed by atoms with van der Waals surface area (Å²) in [5, 5.41) is 2.86. The van der Waals surface area contributed by atoms with Crippen LogP contribution in [-0.2, 0) is 10.0 Å². The van der Waals surface area contributed by atoms with Crippen LogP contribution in [0.15, 0.2) is 24.3 Å². The molecule has 1 aromatic rings. The summed E-state index contributed by atoms with van der Waals surface area (Å²) in [6, 6.07) is 6.79. The van der Waals surface area contributed by atoms with Crippen molar-refractivity contribution in [3.05, 3.63) is 29.8 Å². The lowest BCUT2D eigenvalue weighted by Gasteiger charge is -2.17. The Bertz CT molecular complexity index is 629. The second-order valence-electron chi connectivity index (χ2n) is 5.70. The van der Waals surface area contributed by atoms with Crippen LogP contribution in [0.5, 0.6) is 0 Å². The minimum absolute atomic E-state index is 0.169. The van der Waals surface area contributed by atoms with E-state index in [1.165, 1.54) is 4.31 Å². The normalized spacial score (nSPS) is 17.0. The highest BCUT2D eigenvalue weighted by atomic mass is 32.2. The molecule has 7 heteroatoms. The maximum atomic E-state index is 12.1. The highest BCUT2D eigenvalue weighted by Gasteiger charge is 2.28. The van der Waals surface area contributed by atoms with Crippen LogP contribution in [0, 0.1) is 0 Å². The first kappa shape index (κ1) is 16.8. The van der Waals surface area contributed by atoms with Gasteiger partial charge in [-0.15, -0.1) is 0 Å². The Morgan fingerprint density at radius 1 is 1.36 bits per heavy atom. The molecule has 0 spiro atoms. The van der Waals surface area contributed by atoms with Gasteiger partial charge in [-0.05, 0) is 51.7 Å². The fourth-order valence-electron chi connectivity index (χ4n) is 2.43. The van der Waals surface area contributed by atoms with Crippen molar-refractivity contribution < 1.29 is 13.2 Å². The third-order valence-electron chi connectivity index (χ3n) is 3.56. The molecule has 1 aromatic carbocycles. The Kier molecular flexibility index (Phi) is 5.42. The monoisotopic (exact) mass is 325 g/mol. The van der Waals surface area contributed by atoms with Gasteiger partial charge in [0.05, 0.1) is 11.4 Å². The van der Waals surface area contributed by atoms with E-state index in [4.69, 9.17) is 0 Å². The molecule has 2 rings (SSSR count). The number of anilines is 1. The summed E-state index contributed by atoms with van der Waals surface area (Å²) in [4.78, 5) is 14.2. The van der Waals surface area contributed by atoms with Gasteiger partial charge in [-0.3, -0.25) is 9.10 Å². The van der Waals surface area contributed by atoms with Gasteiger partial charge in [0.25, 0.3) is 5.91 Å². The third-order valence-corrected chi connectivity index (χ3v) is 5.43. The van der Waals surface area contributed by atoms with Crippen molar-refractivity contribution in [1.82, 2.24) is 10.2 Å². The van der Waals surface area contributed by atoms with Crippen molar-refractivity contribution in [1.29, 1.82) is 0 Å². The maximum absolute atomic E-state index is 12.1. The maximum Gasteiger partial charge on any atom is 0.251 e. The molecular weight excluding hydrogens is 302 g/mol. The third kappa shape index (κ3) is 4.20. The summed E-state index contributed by atoms with van der Waals surface area (Å²) < 4.78 is 25.3. The van der Waals surface area contributed by atoms with Crippen molar-refractivity contribution in [3.63, 3.8) is 0 Å². The van der Waals surface area contributed by atoms with Crippen molar-refractivity contribution in [2.75, 3.05) is 43.8 Å². The topological polar surface area (TPSA) is 69.7 Å². The molecule has 1 fully saturated rings. The number of carbonyl (C=O) groups is 1. The van der Waals surface area contributed by atoms with Crippen LogP contribution in [0.1, 0.15) is 23.2 Å². The van der Waals surface area contributed by atoms with Gasteiger partial charge in [0.15, 0.2) is 0 Å². The Morgan fingerprint density at radius 3 is 2.77 bits per heavy atom. The molecule has 1 heterocycles. The quantitative estimate of drug-likeness (QED) is 0.789. The fourth-order valence-corrected chi connectivity index (χ4v) is 3.99. The number of hydrogen-bond donors (Lipinski definition) is 1. The van der Waals surface area contributed by atoms with Gasteiger partial charge in [-0.2, -0.15) is 0 Å². The molecule has 1 aliphatic heterocycles. The van der Waals surface area contributed by atoms with Gasteiger partial charge in [0, 0.05) is 18.7 Å². The molecule has 0 unspecified atom stereocenters. The zero-order valence-electron chi connectivity index (χ0n) is 13.1. The van der Waals surface area contributed by atoms with Gasteiger partial charge in [-0.25, -0.2) is 8.42 Å². The van der Waals surface area contributed by atoms with E-state index in [0.717, 1.165) is 13.0 Å². The summed E-state index contributed by atoms with van der Waals surface area (Å²) in [5.74, 6) is 0.00530. The molecule has 0 atom stereocenters. The molecule has 0 saturated carbocycles. The lowest BCUT2D eigenvalue weighted by molar-refractivity contribution is 0.0952. The minimum Gasteiger partial charge on any atom is -0.352 e. The number of rotatable bonds is 6. The largest absolute Gasteiger partial charge is 0.352 e. The van der Waals surface area contributed by atoms with E-state index in [-0.39, 0.29) is 11.7 Å². The van der Waals surface area contributed by atoms with Gasteiger partial charge >= 0.3 is 0 Å². The molecule has 122 valence electrons. The van der Waals surface area contributed by atoms with Crippen LogP contribution < -0.4 is 9.62 Å². The first-order valence-electron chi connectivity index (χ1n) is 7.43. The summed E-state index contributed by atoms with van der Waals surface area (Å²) >= 11 is 0. The summed E-state index contributed by atoms with van der Waals surface area (Å²) in [6.07, 6.45) is 1.50. The number of sulfonamides is 1. The zero-order chi connectivity index (χ0) is 16.2. The zero-order valence-corrected chi connectivity index (χ0v) is 13.9. The summed E-state index contributed by atoms with van der Waals surface area (Å²) in [7, 11) is 0.759. The van der Waals surface area contributed by atoms with Crippen LogP contribution in [0.3, 0.4) is 0 Å². The molecule has 1 amide bonds. The first-order valence-corrected chi connectivity index (χ1v) is 9.04. The number of carbonyl (C=O) groups excluding carboxylic acids is 1. The summed E-state index contributed by atoms with van der Waals surface area (Å²) in [6.45, 7) is 1.99. The smallest absolute Gasteiger partial charge is 0.251 e. The Labute approximate surface area is 132 Å². The highest BCUT2D eigenvalue weighted by molar-refractivity contribution is 7.93. The van der Waals surface area contributed by atoms with Crippen LogP contribution in [0.25, 0.3) is 0 Å². The van der Waals surface area contributed by atoms with Crippen molar-refractivity contribution in [2.45, 2.75) is 12.8 Å². The number of benzene rings is 1. The van der Waals surface area contributed by atoms with Gasteiger partial charge in [0.2, 0.25) is 10.0 Å². The number of amides is 1. The second-order valence-corrected chi connectivity index (χ2v) is 7.72. The highest BCUT2D eigenvalue weighted by Crippen LogP contribution is 2.24. The average Bonchev–Trinajstić information content (AvgIpc) is 2.83. The van der Waals surface area contributed by atoms with Gasteiger partial charge in [0.1, 0.15) is 0 Å². The standard InChI is InChI=1S/C15H23N3O3S/c1-17(2)9-4-8-16-15(19)13-6-3-7-14(12-13)18-10-5-11-22(18,20)21/h3,6-7,12H,4-5,8-11H2,1-2H3,(H,16,19). The molecular formula is C15H23N3O3S. The Balaban J connectivity index is 2.01. The SMILES string of the molecule is CN(C)CCCNC(=O)c1cccc(N2CCCS2(=O)=O)c1. The molecule has 22 heavy (non-hydrogen) atoms. The van der Waals surface area contributed by atoms with E-state index in [1.807, 2.05) is 14.1 Å². The first-order chi connectivity index (χ1) is 10.4. The minimum atomic E-state index is -3.22. The lowest BCUT2D eigenvalue weighted by atomic mass is 10.2. The molecule has 0 bridgehead atoms. The van der Waals surface area contributed by atoms with Crippen LogP contribution in [-0.4, -0.2) is 58.7 Å². The lowest BCUT2D eigenvalue weighted by Crippen LogP contribution is -2.28. The van der Waals surface area contributed by atoms with E-state index >= 15 is 0 Å². The van der Waals surface area contributed by atoms with E-state index in [0.29, 0.717) is 30.8 Å². The van der Waals surface area contributed by atoms with Crippen molar-refractivity contribution in [2.24, 2.45) is 0 Å². The predicted octanol–water partition coefficient (Wildman–Crippen LogP) is 0.908. The molecule has 6 nitrogen and oxygen atoms in total. The molecule has 1 N–H and O–H groups in total. The summed E-state index contributed by atoms with van der Waals surface area (Å²) in [5.41, 5.74) is 1.06. The second kappa shape index (κ2) is 7.11. The fraction of sp³-hybridized carbons (Fsp3) is 0.533. The van der Waals surface area contributed by atoms with E-state index in [1.54, 1.807) is 24.3 Å². The van der Waals surface area contributed by atoms with Gasteiger partial charge < -0.3 is 10.2 Å². The number of nitrogens with zero attached hydrogens (tertiary/aromatic N) is 2. The van der Waals surface area contributed by atoms with Crippen molar-refractivity contribution in [3.8, 4) is 0 Å².